The number of rotatable bonds is 3. The summed E-state index contributed by atoms with van der Waals surface area (Å²) >= 11 is 0. The van der Waals surface area contributed by atoms with E-state index in [-0.39, 0.29) is 35.5 Å². The van der Waals surface area contributed by atoms with Gasteiger partial charge in [-0.05, 0) is 30.7 Å². The van der Waals surface area contributed by atoms with Crippen LogP contribution < -0.4 is 15.5 Å². The molecule has 28 heavy (non-hydrogen) atoms. The molecule has 2 amide bonds. The monoisotopic (exact) mass is 378 g/mol. The molecular formula is C20H22N6O2. The number of hydrogen-bond donors (Lipinski definition) is 2. The van der Waals surface area contributed by atoms with Crippen LogP contribution in [-0.2, 0) is 4.79 Å². The van der Waals surface area contributed by atoms with E-state index in [4.69, 9.17) is 5.26 Å². The number of hydrogen-bond acceptors (Lipinski definition) is 6. The van der Waals surface area contributed by atoms with Crippen molar-refractivity contribution in [3.05, 3.63) is 47.4 Å². The molecule has 2 heterocycles. The van der Waals surface area contributed by atoms with Crippen LogP contribution in [0.2, 0.25) is 0 Å². The minimum absolute atomic E-state index is 0.0359. The topological polar surface area (TPSA) is 111 Å². The fourth-order valence-electron chi connectivity index (χ4n) is 3.61. The van der Waals surface area contributed by atoms with Gasteiger partial charge in [0.1, 0.15) is 11.9 Å². The number of benzene rings is 1. The van der Waals surface area contributed by atoms with E-state index < -0.39 is 0 Å². The Kier molecular flexibility index (Phi) is 5.27. The largest absolute Gasteiger partial charge is 0.362 e. The van der Waals surface area contributed by atoms with Crippen LogP contribution in [0.25, 0.3) is 0 Å². The first-order valence-corrected chi connectivity index (χ1v) is 9.01. The Bertz CT molecular complexity index is 950. The van der Waals surface area contributed by atoms with E-state index in [9.17, 15) is 9.59 Å². The Hall–Kier alpha value is -3.47. The molecule has 1 aliphatic rings. The molecule has 0 spiro atoms. The molecule has 0 bridgehead atoms. The first-order valence-electron chi connectivity index (χ1n) is 9.01. The predicted molar refractivity (Wildman–Crippen MR) is 105 cm³/mol. The number of nitrogens with zero attached hydrogens (tertiary/aromatic N) is 4. The highest BCUT2D eigenvalue weighted by atomic mass is 16.2. The summed E-state index contributed by atoms with van der Waals surface area (Å²) in [6.07, 6.45) is 2.92. The zero-order valence-electron chi connectivity index (χ0n) is 16.2. The third-order valence-electron chi connectivity index (χ3n) is 5.21. The number of anilines is 2. The van der Waals surface area contributed by atoms with Crippen LogP contribution in [0.1, 0.15) is 48.4 Å². The summed E-state index contributed by atoms with van der Waals surface area (Å²) in [5.41, 5.74) is 2.36. The third kappa shape index (κ3) is 3.39. The molecule has 0 fully saturated rings. The van der Waals surface area contributed by atoms with Gasteiger partial charge in [0, 0.05) is 37.2 Å². The lowest BCUT2D eigenvalue weighted by Crippen LogP contribution is -2.48. The number of nitriles is 1. The Labute approximate surface area is 163 Å². The second-order valence-electron chi connectivity index (χ2n) is 6.86. The van der Waals surface area contributed by atoms with Gasteiger partial charge in [0.15, 0.2) is 5.69 Å². The maximum atomic E-state index is 12.3. The van der Waals surface area contributed by atoms with Crippen molar-refractivity contribution in [1.82, 2.24) is 15.3 Å². The number of amides is 2. The molecule has 8 nitrogen and oxygen atoms in total. The van der Waals surface area contributed by atoms with E-state index in [2.05, 4.69) is 20.6 Å². The maximum Gasteiger partial charge on any atom is 0.251 e. The molecule has 0 saturated carbocycles. The van der Waals surface area contributed by atoms with Gasteiger partial charge in [0.05, 0.1) is 18.4 Å². The molecule has 0 saturated heterocycles. The van der Waals surface area contributed by atoms with Crippen molar-refractivity contribution in [3.8, 4) is 6.07 Å². The van der Waals surface area contributed by atoms with Crippen LogP contribution in [0, 0.1) is 17.2 Å². The van der Waals surface area contributed by atoms with Crippen LogP contribution >= 0.6 is 0 Å². The van der Waals surface area contributed by atoms with Crippen molar-refractivity contribution >= 4 is 23.3 Å². The summed E-state index contributed by atoms with van der Waals surface area (Å²) in [6.45, 7) is 5.59. The van der Waals surface area contributed by atoms with Crippen LogP contribution in [0.5, 0.6) is 0 Å². The molecular weight excluding hydrogens is 356 g/mol. The zero-order chi connectivity index (χ0) is 20.4. The average molecular weight is 378 g/mol. The molecule has 0 aliphatic carbocycles. The second kappa shape index (κ2) is 7.64. The van der Waals surface area contributed by atoms with Crippen LogP contribution in [-0.4, -0.2) is 34.9 Å². The van der Waals surface area contributed by atoms with Crippen LogP contribution in [0.3, 0.4) is 0 Å². The molecule has 1 aromatic heterocycles. The number of nitrogens with one attached hydrogen (secondary N) is 2. The molecule has 1 aromatic carbocycles. The van der Waals surface area contributed by atoms with E-state index in [1.54, 1.807) is 31.0 Å². The van der Waals surface area contributed by atoms with Gasteiger partial charge in [0.2, 0.25) is 5.91 Å². The minimum atomic E-state index is -0.194. The van der Waals surface area contributed by atoms with Gasteiger partial charge in [-0.2, -0.15) is 5.26 Å². The maximum absolute atomic E-state index is 12.3. The Morgan fingerprint density at radius 3 is 2.54 bits per heavy atom. The van der Waals surface area contributed by atoms with Gasteiger partial charge in [0.25, 0.3) is 5.91 Å². The SMILES string of the molecule is CNC(=O)c1ccc2c(c1)C(Nc1cnc(C#N)cn1)C(C)[C@H](C)N2C(C)=O. The Morgan fingerprint density at radius 1 is 1.21 bits per heavy atom. The molecule has 1 aliphatic heterocycles. The molecule has 2 N–H and O–H groups in total. The van der Waals surface area contributed by atoms with E-state index in [1.807, 2.05) is 26.0 Å². The summed E-state index contributed by atoms with van der Waals surface area (Å²) in [7, 11) is 1.58. The van der Waals surface area contributed by atoms with Crippen molar-refractivity contribution < 1.29 is 9.59 Å². The summed E-state index contributed by atoms with van der Waals surface area (Å²) in [6, 6.07) is 7.03. The van der Waals surface area contributed by atoms with Gasteiger partial charge < -0.3 is 15.5 Å². The molecule has 2 unspecified atom stereocenters. The quantitative estimate of drug-likeness (QED) is 0.847. The lowest BCUT2D eigenvalue weighted by molar-refractivity contribution is -0.117. The van der Waals surface area contributed by atoms with Gasteiger partial charge in [-0.25, -0.2) is 9.97 Å². The van der Waals surface area contributed by atoms with Crippen molar-refractivity contribution in [2.24, 2.45) is 5.92 Å². The van der Waals surface area contributed by atoms with Gasteiger partial charge in [-0.3, -0.25) is 9.59 Å². The predicted octanol–water partition coefficient (Wildman–Crippen LogP) is 2.25. The third-order valence-corrected chi connectivity index (χ3v) is 5.21. The second-order valence-corrected chi connectivity index (χ2v) is 6.86. The average Bonchev–Trinajstić information content (AvgIpc) is 2.70. The fraction of sp³-hybridized carbons (Fsp3) is 0.350. The standard InChI is InChI=1S/C20H22N6O2/c1-11-12(2)26(13(3)27)17-6-5-14(20(28)22-4)7-16(17)19(11)25-18-10-23-15(8-21)9-24-18/h5-7,9-12,19H,1-4H3,(H,22,28)(H,24,25)/t11?,12-,19?/m0/s1. The van der Waals surface area contributed by atoms with E-state index >= 15 is 0 Å². The first kappa shape index (κ1) is 19.3. The summed E-state index contributed by atoms with van der Waals surface area (Å²) < 4.78 is 0. The van der Waals surface area contributed by atoms with E-state index in [0.29, 0.717) is 11.4 Å². The molecule has 144 valence electrons. The lowest BCUT2D eigenvalue weighted by Gasteiger charge is -2.44. The number of carbonyl (C=O) groups excluding carboxylic acids is 2. The molecule has 8 heteroatoms. The van der Waals surface area contributed by atoms with Crippen molar-refractivity contribution in [2.75, 3.05) is 17.3 Å². The van der Waals surface area contributed by atoms with E-state index in [1.165, 1.54) is 12.4 Å². The van der Waals surface area contributed by atoms with E-state index in [0.717, 1.165) is 11.3 Å². The fourth-order valence-corrected chi connectivity index (χ4v) is 3.61. The molecule has 3 atom stereocenters. The molecule has 3 rings (SSSR count). The van der Waals surface area contributed by atoms with Crippen molar-refractivity contribution in [1.29, 1.82) is 5.26 Å². The Morgan fingerprint density at radius 2 is 1.96 bits per heavy atom. The lowest BCUT2D eigenvalue weighted by atomic mass is 9.82. The number of carbonyl (C=O) groups is 2. The van der Waals surface area contributed by atoms with Crippen molar-refractivity contribution in [2.45, 2.75) is 32.9 Å². The Balaban J connectivity index is 2.08. The van der Waals surface area contributed by atoms with Gasteiger partial charge in [-0.15, -0.1) is 0 Å². The minimum Gasteiger partial charge on any atom is -0.362 e. The van der Waals surface area contributed by atoms with Crippen LogP contribution in [0.15, 0.2) is 30.6 Å². The number of fused-ring (bicyclic) bond motifs is 1. The molecule has 2 aromatic rings. The highest BCUT2D eigenvalue weighted by Gasteiger charge is 2.38. The van der Waals surface area contributed by atoms with Crippen LogP contribution in [0.4, 0.5) is 11.5 Å². The van der Waals surface area contributed by atoms with Gasteiger partial charge in [-0.1, -0.05) is 6.92 Å². The summed E-state index contributed by atoms with van der Waals surface area (Å²) in [4.78, 5) is 34.5. The van der Waals surface area contributed by atoms with Gasteiger partial charge >= 0.3 is 0 Å². The highest BCUT2D eigenvalue weighted by molar-refractivity contribution is 5.97. The summed E-state index contributed by atoms with van der Waals surface area (Å²) in [5.74, 6) is 0.315. The first-order chi connectivity index (χ1) is 13.4. The smallest absolute Gasteiger partial charge is 0.251 e. The number of aromatic nitrogens is 2. The van der Waals surface area contributed by atoms with Crippen molar-refractivity contribution in [3.63, 3.8) is 0 Å². The highest BCUT2D eigenvalue weighted by Crippen LogP contribution is 2.42. The summed E-state index contributed by atoms with van der Waals surface area (Å²) in [5, 5.41) is 14.9. The normalized spacial score (nSPS) is 20.7. The zero-order valence-corrected chi connectivity index (χ0v) is 16.2. The molecule has 0 radical (unpaired) electrons.